The number of phosphoric acid groups is 1. The van der Waals surface area contributed by atoms with Gasteiger partial charge in [-0.15, -0.1) is 0 Å². The highest BCUT2D eigenvalue weighted by Gasteiger charge is 2.51. The van der Waals surface area contributed by atoms with E-state index >= 15 is 0 Å². The lowest BCUT2D eigenvalue weighted by atomic mass is 9.85. The van der Waals surface area contributed by atoms with Gasteiger partial charge in [0.25, 0.3) is 0 Å². The Morgan fingerprint density at radius 1 is 0.571 bits per heavy atom. The molecule has 0 amide bonds. The van der Waals surface area contributed by atoms with Crippen molar-refractivity contribution in [2.75, 3.05) is 13.2 Å². The molecule has 0 spiro atoms. The van der Waals surface area contributed by atoms with Crippen LogP contribution in [0.1, 0.15) is 149 Å². The number of aliphatic hydroxyl groups is 5. The quantitative estimate of drug-likeness (QED) is 0.0168. The molecule has 6 unspecified atom stereocenters. The van der Waals surface area contributed by atoms with E-state index in [4.69, 9.17) is 18.5 Å². The largest absolute Gasteiger partial charge is 0.472 e. The van der Waals surface area contributed by atoms with Crippen molar-refractivity contribution in [2.24, 2.45) is 0 Å². The summed E-state index contributed by atoms with van der Waals surface area (Å²) in [5.41, 5.74) is 0. The number of allylic oxidation sites excluding steroid dienone is 8. The number of phosphoric ester groups is 1. The van der Waals surface area contributed by atoms with Crippen LogP contribution in [0.3, 0.4) is 0 Å². The molecule has 1 fully saturated rings. The van der Waals surface area contributed by atoms with Gasteiger partial charge in [-0.3, -0.25) is 18.6 Å². The normalized spacial score (nSPS) is 23.4. The van der Waals surface area contributed by atoms with Crippen LogP contribution in [0.5, 0.6) is 0 Å². The summed E-state index contributed by atoms with van der Waals surface area (Å²) < 4.78 is 33.4. The summed E-state index contributed by atoms with van der Waals surface area (Å²) in [4.78, 5) is 35.5. The van der Waals surface area contributed by atoms with Crippen LogP contribution in [0.25, 0.3) is 0 Å². The van der Waals surface area contributed by atoms with Gasteiger partial charge < -0.3 is 39.9 Å². The molecule has 0 heterocycles. The Morgan fingerprint density at radius 3 is 1.55 bits per heavy atom. The smallest absolute Gasteiger partial charge is 0.462 e. The van der Waals surface area contributed by atoms with Gasteiger partial charge in [-0.2, -0.15) is 0 Å². The zero-order valence-electron chi connectivity index (χ0n) is 33.9. The van der Waals surface area contributed by atoms with E-state index in [1.807, 2.05) is 36.5 Å². The fraction of sp³-hybridized carbons (Fsp3) is 0.762. The zero-order chi connectivity index (χ0) is 41.4. The van der Waals surface area contributed by atoms with Crippen LogP contribution in [0.2, 0.25) is 0 Å². The number of carbonyl (C=O) groups excluding carboxylic acids is 2. The number of carbonyl (C=O) groups is 2. The summed E-state index contributed by atoms with van der Waals surface area (Å²) >= 11 is 0. The van der Waals surface area contributed by atoms with Gasteiger partial charge in [-0.05, 0) is 32.1 Å². The maximum atomic E-state index is 12.8. The van der Waals surface area contributed by atoms with Crippen LogP contribution in [0.15, 0.2) is 48.6 Å². The molecule has 6 N–H and O–H groups in total. The molecule has 1 saturated carbocycles. The fourth-order valence-corrected chi connectivity index (χ4v) is 7.09. The Bertz CT molecular complexity index is 1170. The highest BCUT2D eigenvalue weighted by molar-refractivity contribution is 7.47. The Kier molecular flexibility index (Phi) is 30.3. The first-order valence-corrected chi connectivity index (χ1v) is 22.5. The molecule has 1 aliphatic carbocycles. The van der Waals surface area contributed by atoms with Crippen molar-refractivity contribution in [2.45, 2.75) is 191 Å². The molecule has 14 heteroatoms. The molecule has 0 aromatic rings. The number of esters is 2. The van der Waals surface area contributed by atoms with Gasteiger partial charge in [-0.1, -0.05) is 152 Å². The lowest BCUT2D eigenvalue weighted by Gasteiger charge is -2.41. The second kappa shape index (κ2) is 32.7. The van der Waals surface area contributed by atoms with Crippen LogP contribution in [0.4, 0.5) is 0 Å². The Morgan fingerprint density at radius 2 is 1.02 bits per heavy atom. The van der Waals surface area contributed by atoms with Crippen molar-refractivity contribution in [1.82, 2.24) is 0 Å². The van der Waals surface area contributed by atoms with E-state index in [1.54, 1.807) is 0 Å². The third-order valence-electron chi connectivity index (χ3n) is 9.53. The molecule has 0 radical (unpaired) electrons. The minimum atomic E-state index is -5.12. The van der Waals surface area contributed by atoms with Crippen LogP contribution in [-0.2, 0) is 32.7 Å². The van der Waals surface area contributed by atoms with E-state index in [-0.39, 0.29) is 12.8 Å². The number of hydrogen-bond donors (Lipinski definition) is 6. The Labute approximate surface area is 335 Å². The van der Waals surface area contributed by atoms with E-state index in [0.29, 0.717) is 12.8 Å². The maximum Gasteiger partial charge on any atom is 0.472 e. The lowest BCUT2D eigenvalue weighted by molar-refractivity contribution is -0.220. The first kappa shape index (κ1) is 51.8. The Hall–Kier alpha value is -2.19. The van der Waals surface area contributed by atoms with Gasteiger partial charge in [0.05, 0.1) is 6.61 Å². The van der Waals surface area contributed by atoms with Crippen molar-refractivity contribution in [3.63, 3.8) is 0 Å². The summed E-state index contributed by atoms with van der Waals surface area (Å²) in [7, 11) is -5.12. The molecule has 1 rings (SSSR count). The molecule has 324 valence electrons. The summed E-state index contributed by atoms with van der Waals surface area (Å²) in [5.74, 6) is -1.13. The van der Waals surface area contributed by atoms with Crippen LogP contribution in [-0.4, -0.2) is 98.3 Å². The molecule has 56 heavy (non-hydrogen) atoms. The molecule has 0 aromatic heterocycles. The fourth-order valence-electron chi connectivity index (χ4n) is 6.12. The van der Waals surface area contributed by atoms with E-state index < -0.39 is 75.7 Å². The van der Waals surface area contributed by atoms with Gasteiger partial charge in [0, 0.05) is 12.8 Å². The van der Waals surface area contributed by atoms with E-state index in [0.717, 1.165) is 64.2 Å². The number of hydrogen-bond acceptors (Lipinski definition) is 12. The van der Waals surface area contributed by atoms with E-state index in [1.165, 1.54) is 44.9 Å². The average Bonchev–Trinajstić information content (AvgIpc) is 3.18. The number of ether oxygens (including phenoxy) is 2. The van der Waals surface area contributed by atoms with Crippen molar-refractivity contribution in [1.29, 1.82) is 0 Å². The highest BCUT2D eigenvalue weighted by Crippen LogP contribution is 2.47. The average molecular weight is 817 g/mol. The van der Waals surface area contributed by atoms with Crippen molar-refractivity contribution >= 4 is 19.8 Å². The summed E-state index contributed by atoms with van der Waals surface area (Å²) in [6.07, 6.45) is 23.2. The van der Waals surface area contributed by atoms with E-state index in [9.17, 15) is 44.6 Å². The van der Waals surface area contributed by atoms with Crippen molar-refractivity contribution in [3.05, 3.63) is 48.6 Å². The topological polar surface area (TPSA) is 210 Å². The molecule has 0 bridgehead atoms. The summed E-state index contributed by atoms with van der Waals surface area (Å²) in [6, 6.07) is 0. The zero-order valence-corrected chi connectivity index (χ0v) is 34.8. The first-order valence-electron chi connectivity index (χ1n) is 21.0. The van der Waals surface area contributed by atoms with Gasteiger partial charge in [0.2, 0.25) is 0 Å². The predicted octanol–water partition coefficient (Wildman–Crippen LogP) is 7.22. The molecular weight excluding hydrogens is 743 g/mol. The van der Waals surface area contributed by atoms with E-state index in [2.05, 4.69) is 26.0 Å². The minimum absolute atomic E-state index is 0.0918. The third kappa shape index (κ3) is 25.2. The monoisotopic (exact) mass is 816 g/mol. The molecule has 0 saturated heterocycles. The lowest BCUT2D eigenvalue weighted by Crippen LogP contribution is -2.64. The Balaban J connectivity index is 2.52. The van der Waals surface area contributed by atoms with Crippen LogP contribution >= 0.6 is 7.82 Å². The van der Waals surface area contributed by atoms with Gasteiger partial charge in [-0.25, -0.2) is 4.57 Å². The first-order chi connectivity index (χ1) is 26.9. The molecule has 1 aliphatic rings. The molecule has 0 aromatic carbocycles. The molecule has 8 atom stereocenters. The third-order valence-corrected chi connectivity index (χ3v) is 10.5. The van der Waals surface area contributed by atoms with Crippen LogP contribution in [0, 0.1) is 0 Å². The number of aliphatic hydroxyl groups excluding tert-OH is 5. The minimum Gasteiger partial charge on any atom is -0.462 e. The number of rotatable bonds is 33. The van der Waals surface area contributed by atoms with Gasteiger partial charge in [0.1, 0.15) is 43.2 Å². The second-order valence-electron chi connectivity index (χ2n) is 14.6. The van der Waals surface area contributed by atoms with Crippen molar-refractivity contribution < 1.29 is 63.1 Å². The predicted molar refractivity (Wildman–Crippen MR) is 216 cm³/mol. The van der Waals surface area contributed by atoms with Crippen LogP contribution < -0.4 is 0 Å². The standard InChI is InChI=1S/C42H73O13P/c1-3-5-7-9-11-13-15-17-18-19-21-22-24-26-28-30-35(43)52-32-34(54-36(44)31-29-27-25-23-20-16-14-12-10-8-6-4-2)33-53-56(50,51)55-42-40(48)38(46)37(45)39(47)41(42)49/h5,7,9,11,13,15,17-18,34,37-42,45-49H,3-4,6,8,10,12,14,16,19-33H2,1-2H3,(H,50,51)/b7-5+,11-9+,15-13+,18-17+/t34-,37?,38-,39?,40?,41?,42?/m0/s1. The molecular formula is C42H73O13P. The van der Waals surface area contributed by atoms with Gasteiger partial charge >= 0.3 is 19.8 Å². The summed E-state index contributed by atoms with van der Waals surface area (Å²) in [6.45, 7) is 3.11. The highest BCUT2D eigenvalue weighted by atomic mass is 31.2. The van der Waals surface area contributed by atoms with Gasteiger partial charge in [0.15, 0.2) is 6.10 Å². The number of unbranched alkanes of at least 4 members (excludes halogenated alkanes) is 16. The summed E-state index contributed by atoms with van der Waals surface area (Å²) in [5, 5.41) is 50.0. The van der Waals surface area contributed by atoms with Crippen molar-refractivity contribution in [3.8, 4) is 0 Å². The molecule has 13 nitrogen and oxygen atoms in total. The maximum absolute atomic E-state index is 12.8. The SMILES string of the molecule is CC/C=C/C=C/C=C/C=C/CCCCCCCC(=O)OC[C@@H](COP(=O)(O)OC1C(O)C(O)C(O)[C@H](O)C1O)OC(=O)CCCCCCCCCCCCCC. The molecule has 0 aliphatic heterocycles. The second-order valence-corrected chi connectivity index (χ2v) is 16.0.